The van der Waals surface area contributed by atoms with Gasteiger partial charge in [0.15, 0.2) is 0 Å². The van der Waals surface area contributed by atoms with Crippen LogP contribution in [0.4, 0.5) is 0 Å². The van der Waals surface area contributed by atoms with E-state index in [4.69, 9.17) is 9.84 Å². The van der Waals surface area contributed by atoms with Crippen molar-refractivity contribution in [1.82, 2.24) is 4.31 Å². The molecule has 0 saturated carbocycles. The van der Waals surface area contributed by atoms with Crippen molar-refractivity contribution < 1.29 is 23.1 Å². The fourth-order valence-corrected chi connectivity index (χ4v) is 2.12. The van der Waals surface area contributed by atoms with Crippen molar-refractivity contribution in [2.24, 2.45) is 0 Å². The first kappa shape index (κ1) is 13.3. The Balaban J connectivity index is 4.52. The third kappa shape index (κ3) is 3.60. The summed E-state index contributed by atoms with van der Waals surface area (Å²) < 4.78 is 28.6. The molecule has 7 heteroatoms. The van der Waals surface area contributed by atoms with Gasteiger partial charge in [-0.1, -0.05) is 0 Å². The molecule has 14 heavy (non-hydrogen) atoms. The van der Waals surface area contributed by atoms with E-state index in [0.29, 0.717) is 0 Å². The van der Waals surface area contributed by atoms with Gasteiger partial charge in [-0.3, -0.25) is 4.79 Å². The number of carbonyl (C=O) groups is 1. The van der Waals surface area contributed by atoms with Crippen LogP contribution in [0.5, 0.6) is 0 Å². The summed E-state index contributed by atoms with van der Waals surface area (Å²) in [4.78, 5) is 10.3. The predicted molar refractivity (Wildman–Crippen MR) is 50.5 cm³/mol. The van der Waals surface area contributed by atoms with E-state index in [1.54, 1.807) is 0 Å². The second-order valence-corrected chi connectivity index (χ2v) is 5.42. The van der Waals surface area contributed by atoms with E-state index >= 15 is 0 Å². The van der Waals surface area contributed by atoms with Crippen LogP contribution in [0.15, 0.2) is 0 Å². The third-order valence-corrected chi connectivity index (χ3v) is 3.85. The highest BCUT2D eigenvalue weighted by atomic mass is 32.2. The molecule has 0 heterocycles. The van der Waals surface area contributed by atoms with Gasteiger partial charge in [-0.15, -0.1) is 0 Å². The second kappa shape index (κ2) is 5.28. The molecule has 1 N–H and O–H groups in total. The first-order valence-electron chi connectivity index (χ1n) is 3.98. The van der Waals surface area contributed by atoms with Crippen molar-refractivity contribution >= 4 is 16.0 Å². The number of carboxylic acid groups (broad SMARTS) is 1. The minimum absolute atomic E-state index is 0.0479. The lowest BCUT2D eigenvalue weighted by Crippen LogP contribution is -2.39. The van der Waals surface area contributed by atoms with E-state index < -0.39 is 27.8 Å². The van der Waals surface area contributed by atoms with Gasteiger partial charge in [0.05, 0.1) is 11.9 Å². The van der Waals surface area contributed by atoms with E-state index in [2.05, 4.69) is 0 Å². The van der Waals surface area contributed by atoms with Gasteiger partial charge in [-0.2, -0.15) is 4.31 Å². The molecule has 0 aliphatic heterocycles. The van der Waals surface area contributed by atoms with Crippen molar-refractivity contribution in [3.8, 4) is 0 Å². The minimum Gasteiger partial charge on any atom is -0.480 e. The first-order valence-corrected chi connectivity index (χ1v) is 5.48. The smallest absolute Gasteiger partial charge is 0.318 e. The van der Waals surface area contributed by atoms with Crippen LogP contribution in [0.2, 0.25) is 0 Å². The fraction of sp³-hybridized carbons (Fsp3) is 0.857. The van der Waals surface area contributed by atoms with Crippen LogP contribution >= 0.6 is 0 Å². The quantitative estimate of drug-likeness (QED) is 0.650. The number of likely N-dealkylation sites (N-methyl/N-ethyl adjacent to an activating group) is 1. The van der Waals surface area contributed by atoms with Crippen LogP contribution in [-0.4, -0.2) is 56.4 Å². The van der Waals surface area contributed by atoms with Crippen LogP contribution in [-0.2, 0) is 19.6 Å². The van der Waals surface area contributed by atoms with Gasteiger partial charge in [-0.05, 0) is 6.92 Å². The van der Waals surface area contributed by atoms with Crippen molar-refractivity contribution in [1.29, 1.82) is 0 Å². The lowest BCUT2D eigenvalue weighted by Gasteiger charge is -2.19. The zero-order chi connectivity index (χ0) is 11.4. The number of nitrogens with zero attached hydrogens (tertiary/aromatic N) is 1. The Morgan fingerprint density at radius 1 is 1.57 bits per heavy atom. The summed E-state index contributed by atoms with van der Waals surface area (Å²) in [6.07, 6.45) is 0. The summed E-state index contributed by atoms with van der Waals surface area (Å²) in [6, 6.07) is 0. The molecule has 0 spiro atoms. The van der Waals surface area contributed by atoms with Crippen LogP contribution in [0.3, 0.4) is 0 Å². The highest BCUT2D eigenvalue weighted by Crippen LogP contribution is 2.06. The van der Waals surface area contributed by atoms with Crippen LogP contribution in [0.25, 0.3) is 0 Å². The van der Waals surface area contributed by atoms with E-state index in [-0.39, 0.29) is 6.61 Å². The average Bonchev–Trinajstić information content (AvgIpc) is 2.03. The Hall–Kier alpha value is -0.660. The van der Waals surface area contributed by atoms with Crippen LogP contribution in [0, 0.1) is 0 Å². The predicted octanol–water partition coefficient (Wildman–Crippen LogP) is -0.632. The summed E-state index contributed by atoms with van der Waals surface area (Å²) in [7, 11) is -0.945. The SMILES string of the molecule is COCC(C)S(=O)(=O)N(C)CC(=O)O. The second-order valence-electron chi connectivity index (χ2n) is 2.96. The van der Waals surface area contributed by atoms with Crippen LogP contribution < -0.4 is 0 Å². The summed E-state index contributed by atoms with van der Waals surface area (Å²) in [5.74, 6) is -1.18. The molecule has 1 atom stereocenters. The Labute approximate surface area is 83.5 Å². The summed E-state index contributed by atoms with van der Waals surface area (Å²) in [5.41, 5.74) is 0. The molecule has 84 valence electrons. The number of sulfonamides is 1. The van der Waals surface area contributed by atoms with Crippen molar-refractivity contribution in [2.75, 3.05) is 27.3 Å². The zero-order valence-electron chi connectivity index (χ0n) is 8.43. The Bertz CT molecular complexity index is 286. The van der Waals surface area contributed by atoms with Crippen molar-refractivity contribution in [3.63, 3.8) is 0 Å². The molecule has 0 aromatic heterocycles. The summed E-state index contributed by atoms with van der Waals surface area (Å²) >= 11 is 0. The summed E-state index contributed by atoms with van der Waals surface area (Å²) in [6.45, 7) is 0.986. The number of aliphatic carboxylic acids is 1. The van der Waals surface area contributed by atoms with Crippen molar-refractivity contribution in [2.45, 2.75) is 12.2 Å². The first-order chi connectivity index (χ1) is 6.32. The highest BCUT2D eigenvalue weighted by Gasteiger charge is 2.26. The Morgan fingerprint density at radius 3 is 2.43 bits per heavy atom. The topological polar surface area (TPSA) is 83.9 Å². The third-order valence-electron chi connectivity index (χ3n) is 1.70. The van der Waals surface area contributed by atoms with Gasteiger partial charge in [0.2, 0.25) is 10.0 Å². The Kier molecular flexibility index (Phi) is 5.03. The molecule has 0 radical (unpaired) electrons. The lowest BCUT2D eigenvalue weighted by atomic mass is 10.5. The molecule has 0 bridgehead atoms. The van der Waals surface area contributed by atoms with Gasteiger partial charge in [0.1, 0.15) is 6.54 Å². The maximum absolute atomic E-state index is 11.5. The number of hydrogen-bond acceptors (Lipinski definition) is 4. The van der Waals surface area contributed by atoms with Crippen LogP contribution in [0.1, 0.15) is 6.92 Å². The Morgan fingerprint density at radius 2 is 2.07 bits per heavy atom. The van der Waals surface area contributed by atoms with E-state index in [1.165, 1.54) is 21.1 Å². The number of carboxylic acids is 1. The molecule has 0 aromatic rings. The van der Waals surface area contributed by atoms with Gasteiger partial charge >= 0.3 is 5.97 Å². The largest absolute Gasteiger partial charge is 0.480 e. The molecular formula is C7H15NO5S. The van der Waals surface area contributed by atoms with Gasteiger partial charge in [-0.25, -0.2) is 8.42 Å². The normalized spacial score (nSPS) is 14.3. The molecule has 0 saturated heterocycles. The van der Waals surface area contributed by atoms with Crippen molar-refractivity contribution in [3.05, 3.63) is 0 Å². The summed E-state index contributed by atoms with van der Waals surface area (Å²) in [5, 5.41) is 7.68. The molecule has 0 aromatic carbocycles. The molecule has 6 nitrogen and oxygen atoms in total. The van der Waals surface area contributed by atoms with Gasteiger partial charge < -0.3 is 9.84 Å². The number of rotatable bonds is 6. The average molecular weight is 225 g/mol. The molecule has 0 aliphatic carbocycles. The monoisotopic (exact) mass is 225 g/mol. The molecule has 0 amide bonds. The maximum Gasteiger partial charge on any atom is 0.318 e. The van der Waals surface area contributed by atoms with E-state index in [1.807, 2.05) is 0 Å². The molecule has 1 unspecified atom stereocenters. The number of hydrogen-bond donors (Lipinski definition) is 1. The minimum atomic E-state index is -3.57. The zero-order valence-corrected chi connectivity index (χ0v) is 9.24. The highest BCUT2D eigenvalue weighted by molar-refractivity contribution is 7.89. The molecule has 0 fully saturated rings. The van der Waals surface area contributed by atoms with Gasteiger partial charge in [0, 0.05) is 14.2 Å². The van der Waals surface area contributed by atoms with E-state index in [9.17, 15) is 13.2 Å². The van der Waals surface area contributed by atoms with E-state index in [0.717, 1.165) is 4.31 Å². The standard InChI is InChI=1S/C7H15NO5S/c1-6(5-13-3)14(11,12)8(2)4-7(9)10/h6H,4-5H2,1-3H3,(H,9,10). The molecular weight excluding hydrogens is 210 g/mol. The maximum atomic E-state index is 11.5. The molecule has 0 rings (SSSR count). The fourth-order valence-electron chi connectivity index (χ4n) is 0.908. The number of ether oxygens (including phenoxy) is 1. The number of methoxy groups -OCH3 is 1. The lowest BCUT2D eigenvalue weighted by molar-refractivity contribution is -0.137. The molecule has 0 aliphatic rings. The van der Waals surface area contributed by atoms with Gasteiger partial charge in [0.25, 0.3) is 0 Å².